The average molecular weight is 466 g/mol. The molecule has 0 saturated heterocycles. The Bertz CT molecular complexity index is 1060. The molecule has 0 saturated carbocycles. The van der Waals surface area contributed by atoms with Gasteiger partial charge in [-0.15, -0.1) is 10.2 Å². The molecule has 2 atom stereocenters. The predicted molar refractivity (Wildman–Crippen MR) is 122 cm³/mol. The van der Waals surface area contributed by atoms with Crippen LogP contribution in [0.15, 0.2) is 24.3 Å². The highest BCUT2D eigenvalue weighted by Crippen LogP contribution is 2.37. The zero-order valence-corrected chi connectivity index (χ0v) is 19.3. The van der Waals surface area contributed by atoms with Gasteiger partial charge in [0, 0.05) is 29.1 Å². The molecule has 0 aliphatic rings. The monoisotopic (exact) mass is 465 g/mol. The van der Waals surface area contributed by atoms with E-state index in [0.717, 1.165) is 11.4 Å². The van der Waals surface area contributed by atoms with Gasteiger partial charge >= 0.3 is 0 Å². The predicted octanol–water partition coefficient (Wildman–Crippen LogP) is 4.28. The van der Waals surface area contributed by atoms with Crippen molar-refractivity contribution in [1.82, 2.24) is 15.2 Å². The molecule has 0 bridgehead atoms. The zero-order valence-electron chi connectivity index (χ0n) is 17.7. The number of hydrogen-bond acceptors (Lipinski definition) is 8. The van der Waals surface area contributed by atoms with Gasteiger partial charge in [0.05, 0.1) is 17.2 Å². The molecule has 0 aliphatic carbocycles. The summed E-state index contributed by atoms with van der Waals surface area (Å²) >= 11 is 7.63. The Morgan fingerprint density at radius 3 is 2.58 bits per heavy atom. The smallest absolute Gasteiger partial charge is 0.166 e. The van der Waals surface area contributed by atoms with Crippen LogP contribution < -0.4 is 15.8 Å². The molecule has 3 rings (SSSR count). The number of aryl methyl sites for hydroxylation is 1. The molecule has 0 radical (unpaired) electrons. The van der Waals surface area contributed by atoms with E-state index in [-0.39, 0.29) is 23.4 Å². The SMILES string of the molecule is Cc1cc(NC(C)C)cc(-c2nnc(-c3cc(F)c(OCC(N)C(C)O)cc3Cl)s2)n1. The van der Waals surface area contributed by atoms with Crippen LogP contribution in [0.1, 0.15) is 26.5 Å². The van der Waals surface area contributed by atoms with Crippen molar-refractivity contribution in [2.24, 2.45) is 5.73 Å². The average Bonchev–Trinajstić information content (AvgIpc) is 3.17. The minimum atomic E-state index is -0.774. The lowest BCUT2D eigenvalue weighted by Crippen LogP contribution is -2.38. The number of anilines is 1. The maximum atomic E-state index is 14.6. The number of aliphatic hydroxyl groups excluding tert-OH is 1. The Hall–Kier alpha value is -2.33. The van der Waals surface area contributed by atoms with Crippen LogP contribution in [-0.2, 0) is 0 Å². The summed E-state index contributed by atoms with van der Waals surface area (Å²) in [6.45, 7) is 7.52. The number of benzene rings is 1. The van der Waals surface area contributed by atoms with E-state index in [1.165, 1.54) is 23.5 Å². The van der Waals surface area contributed by atoms with E-state index in [1.807, 2.05) is 19.1 Å². The van der Waals surface area contributed by atoms with Crippen LogP contribution in [0.3, 0.4) is 0 Å². The topological polar surface area (TPSA) is 106 Å². The van der Waals surface area contributed by atoms with Crippen LogP contribution in [0.2, 0.25) is 5.02 Å². The van der Waals surface area contributed by atoms with E-state index in [9.17, 15) is 9.50 Å². The van der Waals surface area contributed by atoms with Gasteiger partial charge in [-0.2, -0.15) is 0 Å². The summed E-state index contributed by atoms with van der Waals surface area (Å²) in [5.41, 5.74) is 8.59. The minimum absolute atomic E-state index is 0.0423. The molecule has 3 aromatic rings. The first-order valence-electron chi connectivity index (χ1n) is 9.79. The van der Waals surface area contributed by atoms with Crippen molar-refractivity contribution in [2.45, 2.75) is 45.9 Å². The standard InChI is InChI=1S/C21H25ClFN5O2S/c1-10(2)25-13-5-11(3)26-18(6-13)21-28-27-20(31-21)14-7-16(23)19(8-15(14)22)30-9-17(24)12(4)29/h5-8,10,12,17,29H,9,24H2,1-4H3,(H,25,26). The largest absolute Gasteiger partial charge is 0.489 e. The Labute approximate surface area is 189 Å². The van der Waals surface area contributed by atoms with Crippen LogP contribution in [0.25, 0.3) is 21.3 Å². The summed E-state index contributed by atoms with van der Waals surface area (Å²) in [5.74, 6) is -0.648. The number of aliphatic hydroxyl groups is 1. The number of nitrogens with one attached hydrogen (secondary N) is 1. The van der Waals surface area contributed by atoms with Crippen LogP contribution in [-0.4, -0.2) is 45.1 Å². The second-order valence-electron chi connectivity index (χ2n) is 7.57. The fraction of sp³-hybridized carbons (Fsp3) is 0.381. The summed E-state index contributed by atoms with van der Waals surface area (Å²) in [6.07, 6.45) is -0.774. The summed E-state index contributed by atoms with van der Waals surface area (Å²) < 4.78 is 19.9. The Kier molecular flexibility index (Phi) is 7.42. The van der Waals surface area contributed by atoms with Gasteiger partial charge in [-0.25, -0.2) is 4.39 Å². The lowest BCUT2D eigenvalue weighted by Gasteiger charge is -2.16. The van der Waals surface area contributed by atoms with Crippen LogP contribution in [0, 0.1) is 12.7 Å². The second-order valence-corrected chi connectivity index (χ2v) is 8.96. The highest BCUT2D eigenvalue weighted by molar-refractivity contribution is 7.18. The molecule has 31 heavy (non-hydrogen) atoms. The number of halogens is 2. The molecular weight excluding hydrogens is 441 g/mol. The first kappa shape index (κ1) is 23.3. The van der Waals surface area contributed by atoms with Crippen molar-refractivity contribution in [1.29, 1.82) is 0 Å². The van der Waals surface area contributed by atoms with Gasteiger partial charge in [0.2, 0.25) is 0 Å². The first-order chi connectivity index (χ1) is 14.6. The Balaban J connectivity index is 1.86. The van der Waals surface area contributed by atoms with Gasteiger partial charge in [-0.3, -0.25) is 4.98 Å². The quantitative estimate of drug-likeness (QED) is 0.456. The van der Waals surface area contributed by atoms with E-state index in [2.05, 4.69) is 34.3 Å². The van der Waals surface area contributed by atoms with Gasteiger partial charge in [0.25, 0.3) is 0 Å². The maximum absolute atomic E-state index is 14.6. The van der Waals surface area contributed by atoms with E-state index in [4.69, 9.17) is 22.1 Å². The van der Waals surface area contributed by atoms with E-state index >= 15 is 0 Å². The first-order valence-corrected chi connectivity index (χ1v) is 11.0. The summed E-state index contributed by atoms with van der Waals surface area (Å²) in [6, 6.07) is 6.13. The minimum Gasteiger partial charge on any atom is -0.489 e. The molecule has 10 heteroatoms. The lowest BCUT2D eigenvalue weighted by molar-refractivity contribution is 0.129. The third-order valence-corrected chi connectivity index (χ3v) is 5.65. The van der Waals surface area contributed by atoms with Crippen molar-refractivity contribution < 1.29 is 14.2 Å². The highest BCUT2D eigenvalue weighted by Gasteiger charge is 2.18. The molecule has 0 aliphatic heterocycles. The summed E-state index contributed by atoms with van der Waals surface area (Å²) in [5, 5.41) is 22.5. The molecule has 0 amide bonds. The Morgan fingerprint density at radius 1 is 1.19 bits per heavy atom. The molecule has 166 valence electrons. The number of ether oxygens (including phenoxy) is 1. The number of hydrogen-bond donors (Lipinski definition) is 3. The summed E-state index contributed by atoms with van der Waals surface area (Å²) in [7, 11) is 0. The number of nitrogens with zero attached hydrogens (tertiary/aromatic N) is 3. The number of pyridine rings is 1. The summed E-state index contributed by atoms with van der Waals surface area (Å²) in [4.78, 5) is 4.54. The highest BCUT2D eigenvalue weighted by atomic mass is 35.5. The second kappa shape index (κ2) is 9.86. The van der Waals surface area contributed by atoms with Crippen LogP contribution in [0.4, 0.5) is 10.1 Å². The van der Waals surface area contributed by atoms with E-state index < -0.39 is 18.0 Å². The number of nitrogens with two attached hydrogens (primary N) is 1. The molecule has 2 unspecified atom stereocenters. The van der Waals surface area contributed by atoms with E-state index in [0.29, 0.717) is 21.3 Å². The van der Waals surface area contributed by atoms with Crippen molar-refractivity contribution >= 4 is 28.6 Å². The van der Waals surface area contributed by atoms with E-state index in [1.54, 1.807) is 6.92 Å². The lowest BCUT2D eigenvalue weighted by atomic mass is 10.2. The van der Waals surface area contributed by atoms with Crippen molar-refractivity contribution in [3.05, 3.63) is 40.8 Å². The molecule has 2 heterocycles. The van der Waals surface area contributed by atoms with Gasteiger partial charge in [0.15, 0.2) is 16.6 Å². The third-order valence-electron chi connectivity index (χ3n) is 4.36. The maximum Gasteiger partial charge on any atom is 0.166 e. The van der Waals surface area contributed by atoms with Gasteiger partial charge < -0.3 is 20.9 Å². The van der Waals surface area contributed by atoms with Crippen molar-refractivity contribution in [3.63, 3.8) is 0 Å². The molecule has 2 aromatic heterocycles. The molecule has 0 fully saturated rings. The van der Waals surface area contributed by atoms with Crippen LogP contribution >= 0.6 is 22.9 Å². The van der Waals surface area contributed by atoms with Gasteiger partial charge in [-0.1, -0.05) is 22.9 Å². The fourth-order valence-electron chi connectivity index (χ4n) is 2.76. The molecule has 7 nitrogen and oxygen atoms in total. The molecular formula is C21H25ClFN5O2S. The Morgan fingerprint density at radius 2 is 1.90 bits per heavy atom. The number of rotatable bonds is 8. The normalized spacial score (nSPS) is 13.3. The zero-order chi connectivity index (χ0) is 22.7. The molecule has 0 spiro atoms. The third kappa shape index (κ3) is 5.88. The molecule has 1 aromatic carbocycles. The van der Waals surface area contributed by atoms with Crippen LogP contribution in [0.5, 0.6) is 5.75 Å². The fourth-order valence-corrected chi connectivity index (χ4v) is 3.89. The van der Waals surface area contributed by atoms with Crippen molar-refractivity contribution in [2.75, 3.05) is 11.9 Å². The van der Waals surface area contributed by atoms with Gasteiger partial charge in [-0.05, 0) is 45.9 Å². The molecule has 4 N–H and O–H groups in total. The van der Waals surface area contributed by atoms with Crippen molar-refractivity contribution in [3.8, 4) is 27.0 Å². The van der Waals surface area contributed by atoms with Gasteiger partial charge in [0.1, 0.15) is 17.3 Å². The number of aromatic nitrogens is 3.